The minimum atomic E-state index is -0.497. The zero-order valence-corrected chi connectivity index (χ0v) is 13.4. The third kappa shape index (κ3) is 6.59. The molecule has 0 aromatic heterocycles. The van der Waals surface area contributed by atoms with Crippen LogP contribution in [0.3, 0.4) is 0 Å². The molecule has 0 unspecified atom stereocenters. The molecule has 0 saturated heterocycles. The van der Waals surface area contributed by atoms with E-state index < -0.39 is 5.97 Å². The average Bonchev–Trinajstić information content (AvgIpc) is 2.62. The molecule has 1 aromatic carbocycles. The predicted octanol–water partition coefficient (Wildman–Crippen LogP) is 4.55. The number of carbonyl (C=O) groups is 1. The van der Waals surface area contributed by atoms with Gasteiger partial charge in [-0.1, -0.05) is 73.9 Å². The first-order chi connectivity index (χ1) is 11.7. The summed E-state index contributed by atoms with van der Waals surface area (Å²) in [4.78, 5) is 12.3. The van der Waals surface area contributed by atoms with Crippen LogP contribution < -0.4 is 0 Å². The first-order valence-corrected chi connectivity index (χ1v) is 7.33. The summed E-state index contributed by atoms with van der Waals surface area (Å²) < 4.78 is 5.11. The normalized spacial score (nSPS) is 12.1. The van der Waals surface area contributed by atoms with Crippen molar-refractivity contribution in [1.29, 1.82) is 5.26 Å². The molecule has 0 N–H and O–H groups in total. The van der Waals surface area contributed by atoms with Gasteiger partial charge in [-0.15, -0.1) is 0 Å². The Bertz CT molecular complexity index is 729. The molecule has 0 fully saturated rings. The van der Waals surface area contributed by atoms with Gasteiger partial charge in [0.15, 0.2) is 0 Å². The Labute approximate surface area is 142 Å². The van der Waals surface area contributed by atoms with Crippen LogP contribution in [0.15, 0.2) is 97.2 Å². The lowest BCUT2D eigenvalue weighted by atomic mass is 10.0. The van der Waals surface area contributed by atoms with Crippen LogP contribution in [0.1, 0.15) is 5.56 Å². The van der Waals surface area contributed by atoms with E-state index in [9.17, 15) is 4.79 Å². The standard InChI is InChI=1S/C21H19NO2/c1-3-5-13-20(21(23)24-17-4-2)19(12-9-16-22)15-14-18-10-7-6-8-11-18/h3-15H,1-2,17H2. The molecule has 0 aliphatic rings. The van der Waals surface area contributed by atoms with Gasteiger partial charge < -0.3 is 4.74 Å². The predicted molar refractivity (Wildman–Crippen MR) is 97.7 cm³/mol. The fraction of sp³-hybridized carbons (Fsp3) is 0.0476. The second kappa shape index (κ2) is 11.2. The lowest BCUT2D eigenvalue weighted by Gasteiger charge is -2.06. The Morgan fingerprint density at radius 1 is 1.17 bits per heavy atom. The van der Waals surface area contributed by atoms with Crippen molar-refractivity contribution in [1.82, 2.24) is 0 Å². The molecule has 0 bridgehead atoms. The molecular weight excluding hydrogens is 298 g/mol. The number of esters is 1. The highest BCUT2D eigenvalue weighted by atomic mass is 16.5. The van der Waals surface area contributed by atoms with Crippen molar-refractivity contribution in [2.75, 3.05) is 6.61 Å². The van der Waals surface area contributed by atoms with Crippen LogP contribution in [0.25, 0.3) is 6.08 Å². The lowest BCUT2D eigenvalue weighted by Crippen LogP contribution is -2.08. The summed E-state index contributed by atoms with van der Waals surface area (Å²) in [6, 6.07) is 11.6. The van der Waals surface area contributed by atoms with Crippen molar-refractivity contribution in [3.8, 4) is 6.07 Å². The highest BCUT2D eigenvalue weighted by Gasteiger charge is 2.11. The van der Waals surface area contributed by atoms with E-state index in [0.717, 1.165) is 5.56 Å². The van der Waals surface area contributed by atoms with Gasteiger partial charge in [0, 0.05) is 6.08 Å². The maximum absolute atomic E-state index is 12.3. The molecule has 1 rings (SSSR count). The molecular formula is C21H19NO2. The van der Waals surface area contributed by atoms with Crippen molar-refractivity contribution >= 4 is 12.0 Å². The first kappa shape index (κ1) is 18.7. The fourth-order valence-corrected chi connectivity index (χ4v) is 1.77. The molecule has 0 amide bonds. The Balaban J connectivity index is 3.30. The molecule has 0 spiro atoms. The smallest absolute Gasteiger partial charge is 0.339 e. The number of hydrogen-bond donors (Lipinski definition) is 0. The average molecular weight is 317 g/mol. The second-order valence-corrected chi connectivity index (χ2v) is 4.56. The van der Waals surface area contributed by atoms with E-state index in [0.29, 0.717) is 11.1 Å². The van der Waals surface area contributed by atoms with Crippen LogP contribution in [0.2, 0.25) is 0 Å². The molecule has 24 heavy (non-hydrogen) atoms. The van der Waals surface area contributed by atoms with E-state index in [1.807, 2.05) is 42.5 Å². The Morgan fingerprint density at radius 3 is 2.54 bits per heavy atom. The molecule has 0 saturated carbocycles. The molecule has 120 valence electrons. The summed E-state index contributed by atoms with van der Waals surface area (Å²) in [6.45, 7) is 7.24. The largest absolute Gasteiger partial charge is 0.458 e. The third-order valence-corrected chi connectivity index (χ3v) is 2.85. The quantitative estimate of drug-likeness (QED) is 0.232. The molecule has 0 aliphatic carbocycles. The van der Waals surface area contributed by atoms with E-state index in [1.165, 1.54) is 12.2 Å². The molecule has 0 radical (unpaired) electrons. The fourth-order valence-electron chi connectivity index (χ4n) is 1.77. The third-order valence-electron chi connectivity index (χ3n) is 2.85. The topological polar surface area (TPSA) is 50.1 Å². The highest BCUT2D eigenvalue weighted by molar-refractivity contribution is 5.94. The highest BCUT2D eigenvalue weighted by Crippen LogP contribution is 2.15. The summed E-state index contributed by atoms with van der Waals surface area (Å²) in [5.74, 6) is -0.497. The second-order valence-electron chi connectivity index (χ2n) is 4.56. The van der Waals surface area contributed by atoms with Gasteiger partial charge in [0.05, 0.1) is 11.6 Å². The van der Waals surface area contributed by atoms with Crippen molar-refractivity contribution in [3.63, 3.8) is 0 Å². The van der Waals surface area contributed by atoms with Crippen molar-refractivity contribution in [3.05, 3.63) is 103 Å². The first-order valence-electron chi connectivity index (χ1n) is 7.33. The number of hydrogen-bond acceptors (Lipinski definition) is 3. The van der Waals surface area contributed by atoms with E-state index in [4.69, 9.17) is 10.00 Å². The number of nitrogens with zero attached hydrogens (tertiary/aromatic N) is 1. The minimum Gasteiger partial charge on any atom is -0.458 e. The molecule has 3 heteroatoms. The van der Waals surface area contributed by atoms with E-state index in [1.54, 1.807) is 30.4 Å². The van der Waals surface area contributed by atoms with E-state index in [2.05, 4.69) is 13.2 Å². The van der Waals surface area contributed by atoms with Crippen molar-refractivity contribution < 1.29 is 9.53 Å². The number of carbonyl (C=O) groups excluding carboxylic acids is 1. The summed E-state index contributed by atoms with van der Waals surface area (Å²) in [6.07, 6.45) is 12.8. The zero-order chi connectivity index (χ0) is 17.6. The van der Waals surface area contributed by atoms with E-state index >= 15 is 0 Å². The van der Waals surface area contributed by atoms with Gasteiger partial charge in [-0.25, -0.2) is 4.79 Å². The maximum Gasteiger partial charge on any atom is 0.339 e. The molecule has 3 nitrogen and oxygen atoms in total. The SMILES string of the molecule is C=CC=CC(C(=O)OCC=C)=C(C=CC#N)C=Cc1ccccc1. The maximum atomic E-state index is 12.3. The van der Waals surface area contributed by atoms with Crippen LogP contribution >= 0.6 is 0 Å². The number of rotatable bonds is 8. The Kier molecular flexibility index (Phi) is 8.73. The lowest BCUT2D eigenvalue weighted by molar-refractivity contribution is -0.137. The molecule has 0 atom stereocenters. The van der Waals surface area contributed by atoms with Gasteiger partial charge in [-0.05, 0) is 23.3 Å². The monoisotopic (exact) mass is 317 g/mol. The molecule has 1 aromatic rings. The van der Waals surface area contributed by atoms with Gasteiger partial charge in [0.25, 0.3) is 0 Å². The summed E-state index contributed by atoms with van der Waals surface area (Å²) in [5, 5.41) is 8.79. The zero-order valence-electron chi connectivity index (χ0n) is 13.4. The molecule has 0 aliphatic heterocycles. The van der Waals surface area contributed by atoms with Gasteiger partial charge in [0.1, 0.15) is 6.61 Å². The number of allylic oxidation sites excluding steroid dienone is 6. The molecule has 0 heterocycles. The summed E-state index contributed by atoms with van der Waals surface area (Å²) >= 11 is 0. The van der Waals surface area contributed by atoms with Crippen molar-refractivity contribution in [2.24, 2.45) is 0 Å². The summed E-state index contributed by atoms with van der Waals surface area (Å²) in [5.41, 5.74) is 1.87. The van der Waals surface area contributed by atoms with Crippen LogP contribution in [-0.4, -0.2) is 12.6 Å². The van der Waals surface area contributed by atoms with E-state index in [-0.39, 0.29) is 6.61 Å². The number of ether oxygens (including phenoxy) is 1. The van der Waals surface area contributed by atoms with Crippen LogP contribution in [0, 0.1) is 11.3 Å². The van der Waals surface area contributed by atoms with Crippen LogP contribution in [0.5, 0.6) is 0 Å². The Morgan fingerprint density at radius 2 is 1.92 bits per heavy atom. The minimum absolute atomic E-state index is 0.113. The summed E-state index contributed by atoms with van der Waals surface area (Å²) in [7, 11) is 0. The van der Waals surface area contributed by atoms with Crippen LogP contribution in [0.4, 0.5) is 0 Å². The number of nitriles is 1. The van der Waals surface area contributed by atoms with Gasteiger partial charge >= 0.3 is 5.97 Å². The Hall–Kier alpha value is -3.38. The van der Waals surface area contributed by atoms with Crippen molar-refractivity contribution in [2.45, 2.75) is 0 Å². The van der Waals surface area contributed by atoms with Gasteiger partial charge in [-0.2, -0.15) is 5.26 Å². The van der Waals surface area contributed by atoms with Gasteiger partial charge in [-0.3, -0.25) is 0 Å². The van der Waals surface area contributed by atoms with Gasteiger partial charge in [0.2, 0.25) is 0 Å². The van der Waals surface area contributed by atoms with Crippen LogP contribution in [-0.2, 0) is 9.53 Å². The number of benzene rings is 1.